The minimum absolute atomic E-state index is 0.509. The molecule has 7 nitrogen and oxygen atoms in total. The minimum atomic E-state index is -0.559. The molecule has 0 spiro atoms. The van der Waals surface area contributed by atoms with E-state index in [-0.39, 0.29) is 0 Å². The van der Waals surface area contributed by atoms with Crippen LogP contribution in [0.5, 0.6) is 0 Å². The van der Waals surface area contributed by atoms with Crippen LogP contribution in [0.15, 0.2) is 9.90 Å². The van der Waals surface area contributed by atoms with Gasteiger partial charge in [-0.3, -0.25) is 0 Å². The molecule has 0 fully saturated rings. The molecule has 0 aliphatic rings. The lowest BCUT2D eigenvalue weighted by atomic mass is 10.1. The number of hydrogen-bond acceptors (Lipinski definition) is 8. The van der Waals surface area contributed by atoms with E-state index in [1.54, 1.807) is 25.6 Å². The zero-order valence-electron chi connectivity index (χ0n) is 12.7. The van der Waals surface area contributed by atoms with Crippen LogP contribution in [0.2, 0.25) is 0 Å². The number of anilines is 1. The maximum Gasteiger partial charge on any atom is 0.232 e. The zero-order valence-corrected chi connectivity index (χ0v) is 13.5. The Hall–Kier alpha value is -1.51. The van der Waals surface area contributed by atoms with Crippen molar-refractivity contribution < 1.29 is 14.0 Å². The van der Waals surface area contributed by atoms with Crippen LogP contribution in [0, 0.1) is 0 Å². The Bertz CT molecular complexity index is 567. The Labute approximate surface area is 127 Å². The standard InChI is InChI=1S/C13H20N4O3S/c1-13(2,19-4)11-16-10(20-17-11)7-9-8-21-12(15-9)14-5-6-18-3/h8H,5-7H2,1-4H3,(H,14,15). The van der Waals surface area contributed by atoms with Crippen LogP contribution in [-0.4, -0.2) is 42.5 Å². The van der Waals surface area contributed by atoms with E-state index in [0.29, 0.717) is 24.7 Å². The van der Waals surface area contributed by atoms with E-state index < -0.39 is 5.60 Å². The van der Waals surface area contributed by atoms with Crippen molar-refractivity contribution in [2.45, 2.75) is 25.9 Å². The second-order valence-electron chi connectivity index (χ2n) is 4.97. The van der Waals surface area contributed by atoms with Gasteiger partial charge in [0.2, 0.25) is 11.7 Å². The lowest BCUT2D eigenvalue weighted by Crippen LogP contribution is -2.21. The molecule has 2 aromatic heterocycles. The highest BCUT2D eigenvalue weighted by Gasteiger charge is 2.26. The van der Waals surface area contributed by atoms with Crippen molar-refractivity contribution in [1.29, 1.82) is 0 Å². The van der Waals surface area contributed by atoms with Crippen LogP contribution in [-0.2, 0) is 21.5 Å². The number of methoxy groups -OCH3 is 2. The molecule has 0 saturated carbocycles. The summed E-state index contributed by atoms with van der Waals surface area (Å²) in [7, 11) is 3.29. The number of ether oxygens (including phenoxy) is 2. The normalized spacial score (nSPS) is 11.8. The molecule has 0 bridgehead atoms. The van der Waals surface area contributed by atoms with Crippen LogP contribution in [0.4, 0.5) is 5.13 Å². The van der Waals surface area contributed by atoms with E-state index in [9.17, 15) is 0 Å². The van der Waals surface area contributed by atoms with Crippen LogP contribution < -0.4 is 5.32 Å². The molecular formula is C13H20N4O3S. The topological polar surface area (TPSA) is 82.3 Å². The van der Waals surface area contributed by atoms with Gasteiger partial charge in [-0.25, -0.2) is 4.98 Å². The molecule has 0 unspecified atom stereocenters. The smallest absolute Gasteiger partial charge is 0.232 e. The fourth-order valence-electron chi connectivity index (χ4n) is 1.55. The molecule has 0 atom stereocenters. The average Bonchev–Trinajstić information content (AvgIpc) is 3.10. The fraction of sp³-hybridized carbons (Fsp3) is 0.615. The number of rotatable bonds is 8. The minimum Gasteiger partial charge on any atom is -0.383 e. The first-order chi connectivity index (χ1) is 10.0. The van der Waals surface area contributed by atoms with E-state index in [0.717, 1.165) is 17.4 Å². The summed E-state index contributed by atoms with van der Waals surface area (Å²) in [6, 6.07) is 0. The number of thiazole rings is 1. The Morgan fingerprint density at radius 2 is 2.14 bits per heavy atom. The van der Waals surface area contributed by atoms with Gasteiger partial charge in [-0.2, -0.15) is 4.98 Å². The van der Waals surface area contributed by atoms with Crippen LogP contribution >= 0.6 is 11.3 Å². The number of nitrogens with one attached hydrogen (secondary N) is 1. The molecule has 1 N–H and O–H groups in total. The average molecular weight is 312 g/mol. The van der Waals surface area contributed by atoms with Crippen molar-refractivity contribution in [2.24, 2.45) is 0 Å². The van der Waals surface area contributed by atoms with Gasteiger partial charge in [-0.15, -0.1) is 11.3 Å². The third kappa shape index (κ3) is 4.23. The molecule has 116 valence electrons. The third-order valence-corrected chi connectivity index (χ3v) is 3.83. The van der Waals surface area contributed by atoms with Gasteiger partial charge in [-0.1, -0.05) is 5.16 Å². The maximum atomic E-state index is 5.33. The molecule has 2 aromatic rings. The van der Waals surface area contributed by atoms with Crippen molar-refractivity contribution in [2.75, 3.05) is 32.7 Å². The third-order valence-electron chi connectivity index (χ3n) is 2.98. The molecule has 21 heavy (non-hydrogen) atoms. The second kappa shape index (κ2) is 6.97. The highest BCUT2D eigenvalue weighted by Crippen LogP contribution is 2.22. The summed E-state index contributed by atoms with van der Waals surface area (Å²) in [5.74, 6) is 1.07. The van der Waals surface area contributed by atoms with Crippen LogP contribution in [0.25, 0.3) is 0 Å². The van der Waals surface area contributed by atoms with Crippen molar-refractivity contribution in [3.05, 3.63) is 22.8 Å². The maximum absolute atomic E-state index is 5.33. The molecule has 0 saturated heterocycles. The first kappa shape index (κ1) is 15.9. The molecule has 2 rings (SSSR count). The summed E-state index contributed by atoms with van der Waals surface area (Å²) in [6.07, 6.45) is 0.509. The molecule has 0 aromatic carbocycles. The Morgan fingerprint density at radius 1 is 1.33 bits per heavy atom. The summed E-state index contributed by atoms with van der Waals surface area (Å²) in [6.45, 7) is 5.16. The van der Waals surface area contributed by atoms with Gasteiger partial charge in [0.25, 0.3) is 0 Å². The summed E-state index contributed by atoms with van der Waals surface area (Å²) in [5.41, 5.74) is 0.335. The van der Waals surface area contributed by atoms with E-state index in [1.807, 2.05) is 19.2 Å². The zero-order chi connectivity index (χ0) is 15.3. The largest absolute Gasteiger partial charge is 0.383 e. The lowest BCUT2D eigenvalue weighted by molar-refractivity contribution is 0.00973. The van der Waals surface area contributed by atoms with Gasteiger partial charge < -0.3 is 19.3 Å². The summed E-state index contributed by atoms with van der Waals surface area (Å²) in [5, 5.41) is 9.97. The van der Waals surface area contributed by atoms with Gasteiger partial charge in [0.15, 0.2) is 5.13 Å². The van der Waals surface area contributed by atoms with Crippen molar-refractivity contribution >= 4 is 16.5 Å². The SMILES string of the molecule is COCCNc1nc(Cc2nc(C(C)(C)OC)no2)cs1. The van der Waals surface area contributed by atoms with Crippen molar-refractivity contribution in [1.82, 2.24) is 15.1 Å². The Kier molecular flexibility index (Phi) is 5.27. The van der Waals surface area contributed by atoms with Crippen molar-refractivity contribution in [3.8, 4) is 0 Å². The van der Waals surface area contributed by atoms with Crippen molar-refractivity contribution in [3.63, 3.8) is 0 Å². The molecule has 0 radical (unpaired) electrons. The lowest BCUT2D eigenvalue weighted by Gasteiger charge is -2.17. The summed E-state index contributed by atoms with van der Waals surface area (Å²) < 4.78 is 15.6. The predicted octanol–water partition coefficient (Wildman–Crippen LogP) is 2.06. The van der Waals surface area contributed by atoms with Crippen LogP contribution in [0.3, 0.4) is 0 Å². The predicted molar refractivity (Wildman–Crippen MR) is 79.6 cm³/mol. The number of aromatic nitrogens is 3. The summed E-state index contributed by atoms with van der Waals surface area (Å²) in [4.78, 5) is 8.82. The van der Waals surface area contributed by atoms with E-state index in [2.05, 4.69) is 20.4 Å². The molecule has 2 heterocycles. The first-order valence-electron chi connectivity index (χ1n) is 6.60. The van der Waals surface area contributed by atoms with Gasteiger partial charge in [-0.05, 0) is 13.8 Å². The monoisotopic (exact) mass is 312 g/mol. The Balaban J connectivity index is 1.96. The van der Waals surface area contributed by atoms with E-state index in [1.165, 1.54) is 0 Å². The van der Waals surface area contributed by atoms with E-state index >= 15 is 0 Å². The second-order valence-corrected chi connectivity index (χ2v) is 5.82. The quantitative estimate of drug-likeness (QED) is 0.747. The number of hydrogen-bond donors (Lipinski definition) is 1. The molecular weight excluding hydrogens is 292 g/mol. The van der Waals surface area contributed by atoms with E-state index in [4.69, 9.17) is 14.0 Å². The fourth-order valence-corrected chi connectivity index (χ4v) is 2.29. The highest BCUT2D eigenvalue weighted by molar-refractivity contribution is 7.13. The Morgan fingerprint density at radius 3 is 2.86 bits per heavy atom. The molecule has 8 heteroatoms. The van der Waals surface area contributed by atoms with Gasteiger partial charge in [0.1, 0.15) is 5.60 Å². The molecule has 0 aliphatic carbocycles. The molecule has 0 amide bonds. The van der Waals surface area contributed by atoms with Crippen LogP contribution in [0.1, 0.15) is 31.3 Å². The summed E-state index contributed by atoms with van der Waals surface area (Å²) >= 11 is 1.54. The van der Waals surface area contributed by atoms with Gasteiger partial charge in [0.05, 0.1) is 18.7 Å². The highest BCUT2D eigenvalue weighted by atomic mass is 32.1. The first-order valence-corrected chi connectivity index (χ1v) is 7.48. The van der Waals surface area contributed by atoms with Gasteiger partial charge in [0, 0.05) is 26.1 Å². The number of nitrogens with zero attached hydrogens (tertiary/aromatic N) is 3. The molecule has 0 aliphatic heterocycles. The van der Waals surface area contributed by atoms with Gasteiger partial charge >= 0.3 is 0 Å².